The Kier molecular flexibility index (Phi) is 7.16. The van der Waals surface area contributed by atoms with Crippen LogP contribution in [0, 0.1) is 5.92 Å². The molecule has 1 aromatic rings. The number of amides is 1. The van der Waals surface area contributed by atoms with Crippen LogP contribution in [0.2, 0.25) is 0 Å². The highest BCUT2D eigenvalue weighted by Crippen LogP contribution is 2.29. The molecule has 0 saturated heterocycles. The topological polar surface area (TPSA) is 57.6 Å². The third-order valence-electron chi connectivity index (χ3n) is 4.71. The standard InChI is InChI=1S/C19H27NO3S/c1-14(19(22)23)24-17-11-7-6-10-16(17)18(21)20(2)13-12-15-8-4-3-5-9-15/h6-7,10-11,14-15H,3-5,8-9,12-13H2,1-2H3,(H,22,23). The summed E-state index contributed by atoms with van der Waals surface area (Å²) in [6.07, 6.45) is 7.60. The number of carbonyl (C=O) groups excluding carboxylic acids is 1. The predicted molar refractivity (Wildman–Crippen MR) is 97.5 cm³/mol. The maximum absolute atomic E-state index is 12.8. The van der Waals surface area contributed by atoms with Gasteiger partial charge in [0.05, 0.1) is 5.56 Å². The summed E-state index contributed by atoms with van der Waals surface area (Å²) in [7, 11) is 1.84. The van der Waals surface area contributed by atoms with E-state index in [-0.39, 0.29) is 5.91 Å². The van der Waals surface area contributed by atoms with E-state index in [0.717, 1.165) is 23.8 Å². The molecule has 1 aliphatic carbocycles. The molecule has 1 saturated carbocycles. The molecule has 1 amide bonds. The van der Waals surface area contributed by atoms with Crippen LogP contribution in [0.5, 0.6) is 0 Å². The molecule has 4 nitrogen and oxygen atoms in total. The zero-order valence-electron chi connectivity index (χ0n) is 14.5. The molecule has 2 rings (SSSR count). The van der Waals surface area contributed by atoms with Gasteiger partial charge in [-0.1, -0.05) is 44.2 Å². The van der Waals surface area contributed by atoms with Gasteiger partial charge in [0.1, 0.15) is 5.25 Å². The molecule has 1 fully saturated rings. The predicted octanol–water partition coefficient (Wildman–Crippen LogP) is 4.29. The summed E-state index contributed by atoms with van der Waals surface area (Å²) >= 11 is 1.22. The van der Waals surface area contributed by atoms with E-state index in [0.29, 0.717) is 5.56 Å². The minimum absolute atomic E-state index is 0.0218. The minimum atomic E-state index is -0.868. The average Bonchev–Trinajstić information content (AvgIpc) is 2.60. The van der Waals surface area contributed by atoms with Crippen molar-refractivity contribution in [2.24, 2.45) is 5.92 Å². The molecule has 0 aliphatic heterocycles. The maximum Gasteiger partial charge on any atom is 0.316 e. The first-order valence-electron chi connectivity index (χ1n) is 8.73. The molecule has 132 valence electrons. The van der Waals surface area contributed by atoms with Crippen molar-refractivity contribution in [1.29, 1.82) is 0 Å². The molecule has 1 aliphatic rings. The van der Waals surface area contributed by atoms with Crippen molar-refractivity contribution in [1.82, 2.24) is 4.90 Å². The molecule has 1 unspecified atom stereocenters. The summed E-state index contributed by atoms with van der Waals surface area (Å²) in [5, 5.41) is 8.52. The van der Waals surface area contributed by atoms with Crippen molar-refractivity contribution in [2.75, 3.05) is 13.6 Å². The first-order valence-corrected chi connectivity index (χ1v) is 9.61. The summed E-state index contributed by atoms with van der Waals surface area (Å²) in [4.78, 5) is 26.3. The second kappa shape index (κ2) is 9.11. The van der Waals surface area contributed by atoms with Crippen LogP contribution in [0.4, 0.5) is 0 Å². The lowest BCUT2D eigenvalue weighted by molar-refractivity contribution is -0.136. The monoisotopic (exact) mass is 349 g/mol. The quantitative estimate of drug-likeness (QED) is 0.746. The molecule has 0 bridgehead atoms. The maximum atomic E-state index is 12.8. The largest absolute Gasteiger partial charge is 0.480 e. The minimum Gasteiger partial charge on any atom is -0.480 e. The fraction of sp³-hybridized carbons (Fsp3) is 0.579. The van der Waals surface area contributed by atoms with E-state index in [2.05, 4.69) is 0 Å². The number of benzene rings is 1. The Balaban J connectivity index is 1.98. The molecule has 5 heteroatoms. The number of hydrogen-bond acceptors (Lipinski definition) is 3. The number of thioether (sulfide) groups is 1. The zero-order chi connectivity index (χ0) is 17.5. The molecule has 24 heavy (non-hydrogen) atoms. The molecule has 0 aromatic heterocycles. The van der Waals surface area contributed by atoms with Gasteiger partial charge in [-0.2, -0.15) is 0 Å². The van der Waals surface area contributed by atoms with E-state index < -0.39 is 11.2 Å². The van der Waals surface area contributed by atoms with Crippen molar-refractivity contribution in [2.45, 2.75) is 55.6 Å². The van der Waals surface area contributed by atoms with E-state index in [1.807, 2.05) is 25.2 Å². The van der Waals surface area contributed by atoms with Gasteiger partial charge in [-0.25, -0.2) is 0 Å². The lowest BCUT2D eigenvalue weighted by Gasteiger charge is -2.25. The van der Waals surface area contributed by atoms with Crippen LogP contribution in [0.3, 0.4) is 0 Å². The highest BCUT2D eigenvalue weighted by molar-refractivity contribution is 8.00. The van der Waals surface area contributed by atoms with Gasteiger partial charge < -0.3 is 10.0 Å². The molecule has 1 atom stereocenters. The summed E-state index contributed by atoms with van der Waals surface area (Å²) in [5.41, 5.74) is 0.599. The summed E-state index contributed by atoms with van der Waals surface area (Å²) in [5.74, 6) is -0.148. The zero-order valence-corrected chi connectivity index (χ0v) is 15.3. The number of aliphatic carboxylic acids is 1. The molecule has 1 N–H and O–H groups in total. The van der Waals surface area contributed by atoms with Crippen LogP contribution in [-0.4, -0.2) is 40.7 Å². The van der Waals surface area contributed by atoms with Gasteiger partial charge in [-0.15, -0.1) is 11.8 Å². The second-order valence-corrected chi connectivity index (χ2v) is 8.00. The Morgan fingerprint density at radius 2 is 1.92 bits per heavy atom. The lowest BCUT2D eigenvalue weighted by atomic mass is 9.87. The van der Waals surface area contributed by atoms with Crippen molar-refractivity contribution >= 4 is 23.6 Å². The van der Waals surface area contributed by atoms with Crippen molar-refractivity contribution in [3.05, 3.63) is 29.8 Å². The first-order chi connectivity index (χ1) is 11.5. The molecular formula is C19H27NO3S. The van der Waals surface area contributed by atoms with E-state index >= 15 is 0 Å². The van der Waals surface area contributed by atoms with E-state index in [4.69, 9.17) is 5.11 Å². The Morgan fingerprint density at radius 3 is 2.58 bits per heavy atom. The van der Waals surface area contributed by atoms with Crippen LogP contribution in [0.15, 0.2) is 29.2 Å². The lowest BCUT2D eigenvalue weighted by Crippen LogP contribution is -2.29. The van der Waals surface area contributed by atoms with E-state index in [1.165, 1.54) is 43.9 Å². The Hall–Kier alpha value is -1.49. The highest BCUT2D eigenvalue weighted by atomic mass is 32.2. The van der Waals surface area contributed by atoms with Crippen LogP contribution >= 0.6 is 11.8 Å². The highest BCUT2D eigenvalue weighted by Gasteiger charge is 2.21. The second-order valence-electron chi connectivity index (χ2n) is 6.61. The number of carboxylic acids is 1. The Bertz CT molecular complexity index is 569. The summed E-state index contributed by atoms with van der Waals surface area (Å²) in [6.45, 7) is 2.40. The van der Waals surface area contributed by atoms with E-state index in [9.17, 15) is 9.59 Å². The van der Waals surface area contributed by atoms with Gasteiger partial charge in [0.15, 0.2) is 0 Å². The van der Waals surface area contributed by atoms with Crippen molar-refractivity contribution < 1.29 is 14.7 Å². The van der Waals surface area contributed by atoms with Gasteiger partial charge in [-0.3, -0.25) is 9.59 Å². The summed E-state index contributed by atoms with van der Waals surface area (Å²) in [6, 6.07) is 7.29. The van der Waals surface area contributed by atoms with Gasteiger partial charge in [0, 0.05) is 18.5 Å². The van der Waals surface area contributed by atoms with Crippen LogP contribution in [0.25, 0.3) is 0 Å². The van der Waals surface area contributed by atoms with Gasteiger partial charge >= 0.3 is 5.97 Å². The molecule has 0 radical (unpaired) electrons. The third kappa shape index (κ3) is 5.26. The molecule has 0 heterocycles. The van der Waals surface area contributed by atoms with Crippen LogP contribution in [-0.2, 0) is 4.79 Å². The normalized spacial score (nSPS) is 16.6. The molecule has 0 spiro atoms. The van der Waals surface area contributed by atoms with Gasteiger partial charge in [-0.05, 0) is 31.4 Å². The van der Waals surface area contributed by atoms with Crippen LogP contribution in [0.1, 0.15) is 55.8 Å². The number of rotatable bonds is 7. The molecule has 1 aromatic carbocycles. The van der Waals surface area contributed by atoms with Crippen LogP contribution < -0.4 is 0 Å². The Labute approximate surface area is 148 Å². The van der Waals surface area contributed by atoms with Crippen molar-refractivity contribution in [3.8, 4) is 0 Å². The summed E-state index contributed by atoms with van der Waals surface area (Å²) < 4.78 is 0. The number of carboxylic acid groups (broad SMARTS) is 1. The molecular weight excluding hydrogens is 322 g/mol. The SMILES string of the molecule is CC(Sc1ccccc1C(=O)N(C)CCC1CCCCC1)C(=O)O. The average molecular weight is 349 g/mol. The fourth-order valence-corrected chi connectivity index (χ4v) is 4.07. The van der Waals surface area contributed by atoms with Crippen molar-refractivity contribution in [3.63, 3.8) is 0 Å². The number of hydrogen-bond donors (Lipinski definition) is 1. The first kappa shape index (κ1) is 18.8. The van der Waals surface area contributed by atoms with Gasteiger partial charge in [0.25, 0.3) is 5.91 Å². The van der Waals surface area contributed by atoms with Gasteiger partial charge in [0.2, 0.25) is 0 Å². The van der Waals surface area contributed by atoms with E-state index in [1.54, 1.807) is 17.9 Å². The Morgan fingerprint density at radius 1 is 1.25 bits per heavy atom. The third-order valence-corrected chi connectivity index (χ3v) is 5.88. The fourth-order valence-electron chi connectivity index (χ4n) is 3.15. The number of nitrogens with zero attached hydrogens (tertiary/aromatic N) is 1. The smallest absolute Gasteiger partial charge is 0.316 e. The number of carbonyl (C=O) groups is 2.